The number of hydrogen-bond donors (Lipinski definition) is 5. The lowest BCUT2D eigenvalue weighted by molar-refractivity contribution is -0.127. The molecule has 0 radical (unpaired) electrons. The average Bonchev–Trinajstić information content (AvgIpc) is 3.25. The van der Waals surface area contributed by atoms with Crippen LogP contribution < -0.4 is 5.73 Å². The van der Waals surface area contributed by atoms with Gasteiger partial charge in [-0.05, 0) is 12.3 Å². The highest BCUT2D eigenvalue weighted by molar-refractivity contribution is 6.53. The van der Waals surface area contributed by atoms with Gasteiger partial charge in [0.2, 0.25) is 6.10 Å². The Morgan fingerprint density at radius 2 is 2.04 bits per heavy atom. The van der Waals surface area contributed by atoms with E-state index in [9.17, 15) is 20.1 Å². The van der Waals surface area contributed by atoms with Gasteiger partial charge in [0, 0.05) is 12.2 Å². The van der Waals surface area contributed by atoms with Crippen LogP contribution in [-0.2, 0) is 18.9 Å². The highest BCUT2D eigenvalue weighted by Gasteiger charge is 2.50. The molecule has 5 unspecified atom stereocenters. The van der Waals surface area contributed by atoms with E-state index in [4.69, 9.17) is 25.0 Å². The Bertz CT molecular complexity index is 520. The van der Waals surface area contributed by atoms with Gasteiger partial charge in [-0.3, -0.25) is 4.79 Å². The summed E-state index contributed by atoms with van der Waals surface area (Å²) < 4.78 is 11.5. The van der Waals surface area contributed by atoms with Gasteiger partial charge in [-0.2, -0.15) is 0 Å². The predicted molar refractivity (Wildman–Crippen MR) is 91.0 cm³/mol. The van der Waals surface area contributed by atoms with Crippen molar-refractivity contribution in [3.8, 4) is 0 Å². The van der Waals surface area contributed by atoms with Gasteiger partial charge in [0.05, 0.1) is 31.1 Å². The Hall–Kier alpha value is -1.24. The predicted octanol–water partition coefficient (Wildman–Crippen LogP) is -1.99. The maximum atomic E-state index is 11.3. The molecule has 1 amide bonds. The number of rotatable bonds is 9. The first-order valence-corrected chi connectivity index (χ1v) is 8.69. The summed E-state index contributed by atoms with van der Waals surface area (Å²) in [4.78, 5) is 16.4. The van der Waals surface area contributed by atoms with E-state index in [1.54, 1.807) is 0 Å². The first kappa shape index (κ1) is 21.1. The molecule has 2 aliphatic rings. The fraction of sp³-hybridized carbons (Fsp3) is 0.867. The third kappa shape index (κ3) is 4.73. The van der Waals surface area contributed by atoms with Crippen LogP contribution in [0.15, 0.2) is 5.16 Å². The van der Waals surface area contributed by atoms with Crippen molar-refractivity contribution in [3.05, 3.63) is 0 Å². The fourth-order valence-corrected chi connectivity index (χ4v) is 3.17. The van der Waals surface area contributed by atoms with Crippen LogP contribution in [0.4, 0.5) is 0 Å². The number of aliphatic hydroxyl groups excluding tert-OH is 4. The zero-order valence-corrected chi connectivity index (χ0v) is 14.9. The number of carbonyl (C=O) groups is 1. The quantitative estimate of drug-likeness (QED) is 0.290. The van der Waals surface area contributed by atoms with E-state index >= 15 is 0 Å². The summed E-state index contributed by atoms with van der Waals surface area (Å²) in [7, 11) is -0.853. The fourth-order valence-electron chi connectivity index (χ4n) is 3.17. The Kier molecular flexibility index (Phi) is 7.38. The van der Waals surface area contributed by atoms with E-state index in [0.29, 0.717) is 12.1 Å². The molecule has 6 N–H and O–H groups in total. The van der Waals surface area contributed by atoms with Gasteiger partial charge in [0.25, 0.3) is 5.91 Å². The summed E-state index contributed by atoms with van der Waals surface area (Å²) >= 11 is 0. The van der Waals surface area contributed by atoms with E-state index in [1.165, 1.54) is 0 Å². The molecule has 11 heteroatoms. The van der Waals surface area contributed by atoms with Gasteiger partial charge in [-0.25, -0.2) is 0 Å². The number of aliphatic hydroxyl groups is 4. The zero-order chi connectivity index (χ0) is 19.4. The van der Waals surface area contributed by atoms with Crippen molar-refractivity contribution in [2.75, 3.05) is 13.2 Å². The SMILES string of the molecule is CC(C)C[C@@H](B1OC(CO)C(C(O)C(O)CO)O1)C1=NOC(C(N)=O)C1. The Labute approximate surface area is 152 Å². The molecule has 0 aromatic carbocycles. The molecule has 1 saturated heterocycles. The highest BCUT2D eigenvalue weighted by atomic mass is 16.7. The van der Waals surface area contributed by atoms with Crippen molar-refractivity contribution in [2.45, 2.75) is 63.0 Å². The van der Waals surface area contributed by atoms with Crippen LogP contribution in [0, 0.1) is 5.92 Å². The highest BCUT2D eigenvalue weighted by Crippen LogP contribution is 2.35. The molecule has 0 aliphatic carbocycles. The summed E-state index contributed by atoms with van der Waals surface area (Å²) in [6, 6.07) is 0. The first-order chi connectivity index (χ1) is 12.3. The Morgan fingerprint density at radius 3 is 2.54 bits per heavy atom. The van der Waals surface area contributed by atoms with Crippen LogP contribution in [0.2, 0.25) is 5.82 Å². The molecule has 26 heavy (non-hydrogen) atoms. The number of nitrogens with two attached hydrogens (primary N) is 1. The second kappa shape index (κ2) is 9.11. The van der Waals surface area contributed by atoms with Crippen LogP contribution in [0.25, 0.3) is 0 Å². The normalized spacial score (nSPS) is 29.4. The van der Waals surface area contributed by atoms with E-state index in [-0.39, 0.29) is 18.2 Å². The van der Waals surface area contributed by atoms with Gasteiger partial charge in [0.15, 0.2) is 0 Å². The minimum Gasteiger partial charge on any atom is -0.403 e. The summed E-state index contributed by atoms with van der Waals surface area (Å²) in [6.07, 6.45) is -4.77. The molecule has 0 aromatic rings. The zero-order valence-electron chi connectivity index (χ0n) is 14.9. The van der Waals surface area contributed by atoms with Crippen LogP contribution in [0.5, 0.6) is 0 Å². The largest absolute Gasteiger partial charge is 0.467 e. The Balaban J connectivity index is 2.14. The topological polar surface area (TPSA) is 164 Å². The molecule has 6 atom stereocenters. The third-order valence-electron chi connectivity index (χ3n) is 4.56. The molecule has 0 spiro atoms. The van der Waals surface area contributed by atoms with Crippen molar-refractivity contribution >= 4 is 18.7 Å². The van der Waals surface area contributed by atoms with E-state index in [2.05, 4.69) is 5.16 Å². The molecule has 148 valence electrons. The molecule has 0 saturated carbocycles. The van der Waals surface area contributed by atoms with Crippen LogP contribution in [-0.4, -0.2) is 82.9 Å². The average molecular weight is 374 g/mol. The lowest BCUT2D eigenvalue weighted by Gasteiger charge is -2.25. The van der Waals surface area contributed by atoms with Crippen molar-refractivity contribution in [3.63, 3.8) is 0 Å². The van der Waals surface area contributed by atoms with Crippen LogP contribution in [0.3, 0.4) is 0 Å². The third-order valence-corrected chi connectivity index (χ3v) is 4.56. The van der Waals surface area contributed by atoms with Gasteiger partial charge in [-0.1, -0.05) is 19.0 Å². The second-order valence-electron chi connectivity index (χ2n) is 7.09. The molecule has 2 heterocycles. The van der Waals surface area contributed by atoms with Crippen molar-refractivity contribution < 1.29 is 39.4 Å². The summed E-state index contributed by atoms with van der Waals surface area (Å²) in [5.41, 5.74) is 5.81. The Morgan fingerprint density at radius 1 is 1.35 bits per heavy atom. The first-order valence-electron chi connectivity index (χ1n) is 8.69. The molecule has 2 aliphatic heterocycles. The molecule has 0 bridgehead atoms. The van der Waals surface area contributed by atoms with Crippen molar-refractivity contribution in [1.82, 2.24) is 0 Å². The number of primary amides is 1. The molecular formula is C15H27BN2O8. The maximum Gasteiger partial charge on any atom is 0.467 e. The minimum atomic E-state index is -1.43. The number of carbonyl (C=O) groups excluding carboxylic acids is 1. The lowest BCUT2D eigenvalue weighted by Crippen LogP contribution is -2.45. The standard InChI is InChI=1S/C15H27BN2O8/c1-7(2)3-8(9-4-11(15(17)23)26-18-9)16-24-12(6-20)14(25-16)13(22)10(21)5-19/h7-8,10-14,19-22H,3-6H2,1-2H3,(H2,17,23)/t8-,10?,11?,12?,13?,14?/m1/s1. The van der Waals surface area contributed by atoms with Gasteiger partial charge in [-0.15, -0.1) is 0 Å². The van der Waals surface area contributed by atoms with Crippen molar-refractivity contribution in [2.24, 2.45) is 16.8 Å². The maximum absolute atomic E-state index is 11.3. The smallest absolute Gasteiger partial charge is 0.403 e. The van der Waals surface area contributed by atoms with E-state index in [1.807, 2.05) is 13.8 Å². The van der Waals surface area contributed by atoms with E-state index in [0.717, 1.165) is 0 Å². The minimum absolute atomic E-state index is 0.215. The number of hydrogen-bond acceptors (Lipinski definition) is 9. The number of nitrogens with zero attached hydrogens (tertiary/aromatic N) is 1. The number of oxime groups is 1. The molecule has 1 fully saturated rings. The van der Waals surface area contributed by atoms with Crippen LogP contribution in [0.1, 0.15) is 26.7 Å². The lowest BCUT2D eigenvalue weighted by atomic mass is 9.64. The van der Waals surface area contributed by atoms with E-state index < -0.39 is 56.8 Å². The second-order valence-corrected chi connectivity index (χ2v) is 7.09. The summed E-state index contributed by atoms with van der Waals surface area (Å²) in [5.74, 6) is -0.758. The number of amides is 1. The summed E-state index contributed by atoms with van der Waals surface area (Å²) in [5, 5.41) is 42.3. The molecule has 10 nitrogen and oxygen atoms in total. The van der Waals surface area contributed by atoms with Crippen molar-refractivity contribution in [1.29, 1.82) is 0 Å². The van der Waals surface area contributed by atoms with Gasteiger partial charge >= 0.3 is 7.12 Å². The summed E-state index contributed by atoms with van der Waals surface area (Å²) in [6.45, 7) is 2.91. The molecule has 2 rings (SSSR count). The van der Waals surface area contributed by atoms with Gasteiger partial charge in [0.1, 0.15) is 12.2 Å². The van der Waals surface area contributed by atoms with Gasteiger partial charge < -0.3 is 40.3 Å². The molecular weight excluding hydrogens is 347 g/mol. The van der Waals surface area contributed by atoms with Crippen LogP contribution >= 0.6 is 0 Å². The monoisotopic (exact) mass is 374 g/mol. The molecule has 0 aromatic heterocycles.